The van der Waals surface area contributed by atoms with Crippen molar-refractivity contribution in [1.82, 2.24) is 10.2 Å². The third-order valence-electron chi connectivity index (χ3n) is 4.76. The number of hydrogen-bond acceptors (Lipinski definition) is 3. The molecule has 1 saturated carbocycles. The Kier molecular flexibility index (Phi) is 4.51. The molecular formula is C15H29N3O. The zero-order valence-corrected chi connectivity index (χ0v) is 12.6. The zero-order valence-electron chi connectivity index (χ0n) is 12.6. The second-order valence-corrected chi connectivity index (χ2v) is 6.97. The molecule has 0 radical (unpaired) electrons. The van der Waals surface area contributed by atoms with Crippen LogP contribution in [0, 0.1) is 11.8 Å². The SMILES string of the molecule is CC(C)C1CCN(CC(C)(NC2CC2)C(N)=O)CC1. The molecule has 0 bridgehead atoms. The van der Waals surface area contributed by atoms with E-state index in [1.54, 1.807) is 0 Å². The highest BCUT2D eigenvalue weighted by Crippen LogP contribution is 2.27. The Hall–Kier alpha value is -0.610. The number of piperidine rings is 1. The molecule has 1 aliphatic heterocycles. The van der Waals surface area contributed by atoms with Gasteiger partial charge in [0.05, 0.1) is 0 Å². The molecule has 2 fully saturated rings. The maximum Gasteiger partial charge on any atom is 0.238 e. The summed E-state index contributed by atoms with van der Waals surface area (Å²) in [6.45, 7) is 9.52. The Morgan fingerprint density at radius 2 is 1.89 bits per heavy atom. The number of nitrogens with one attached hydrogen (secondary N) is 1. The molecule has 1 heterocycles. The van der Waals surface area contributed by atoms with Gasteiger partial charge >= 0.3 is 0 Å². The Labute approximate surface area is 117 Å². The van der Waals surface area contributed by atoms with Gasteiger partial charge in [-0.3, -0.25) is 10.1 Å². The third kappa shape index (κ3) is 3.93. The summed E-state index contributed by atoms with van der Waals surface area (Å²) in [7, 11) is 0. The smallest absolute Gasteiger partial charge is 0.238 e. The number of nitrogens with two attached hydrogens (primary N) is 1. The summed E-state index contributed by atoms with van der Waals surface area (Å²) in [6, 6.07) is 0.505. The maximum absolute atomic E-state index is 11.8. The minimum atomic E-state index is -0.564. The van der Waals surface area contributed by atoms with E-state index in [0.717, 1.165) is 31.5 Å². The molecule has 1 amide bonds. The van der Waals surface area contributed by atoms with Crippen LogP contribution in [0.5, 0.6) is 0 Å². The van der Waals surface area contributed by atoms with Gasteiger partial charge in [0.25, 0.3) is 0 Å². The normalized spacial score (nSPS) is 25.5. The quantitative estimate of drug-likeness (QED) is 0.764. The minimum absolute atomic E-state index is 0.217. The molecule has 19 heavy (non-hydrogen) atoms. The topological polar surface area (TPSA) is 58.4 Å². The van der Waals surface area contributed by atoms with Gasteiger partial charge in [0, 0.05) is 12.6 Å². The van der Waals surface area contributed by atoms with Crippen LogP contribution in [0.25, 0.3) is 0 Å². The van der Waals surface area contributed by atoms with Crippen molar-refractivity contribution >= 4 is 5.91 Å². The molecule has 1 aliphatic carbocycles. The van der Waals surface area contributed by atoms with Gasteiger partial charge in [0.1, 0.15) is 5.54 Å². The third-order valence-corrected chi connectivity index (χ3v) is 4.76. The second-order valence-electron chi connectivity index (χ2n) is 6.97. The van der Waals surface area contributed by atoms with Crippen molar-refractivity contribution in [2.45, 2.75) is 58.0 Å². The van der Waals surface area contributed by atoms with E-state index in [0.29, 0.717) is 6.04 Å². The number of nitrogens with zero attached hydrogens (tertiary/aromatic N) is 1. The fourth-order valence-electron chi connectivity index (χ4n) is 3.10. The van der Waals surface area contributed by atoms with Crippen molar-refractivity contribution in [3.63, 3.8) is 0 Å². The van der Waals surface area contributed by atoms with E-state index in [1.165, 1.54) is 25.7 Å². The standard InChI is InChI=1S/C15H29N3O/c1-11(2)12-6-8-18(9-7-12)10-15(3,14(16)19)17-13-4-5-13/h11-13,17H,4-10H2,1-3H3,(H2,16,19). The molecule has 2 aliphatic rings. The van der Waals surface area contributed by atoms with Gasteiger partial charge in [-0.15, -0.1) is 0 Å². The van der Waals surface area contributed by atoms with Crippen molar-refractivity contribution in [2.75, 3.05) is 19.6 Å². The lowest BCUT2D eigenvalue weighted by molar-refractivity contribution is -0.124. The molecule has 4 heteroatoms. The lowest BCUT2D eigenvalue weighted by Gasteiger charge is -2.39. The van der Waals surface area contributed by atoms with E-state index in [9.17, 15) is 4.79 Å². The molecule has 0 aromatic carbocycles. The molecule has 1 saturated heterocycles. The molecule has 4 nitrogen and oxygen atoms in total. The zero-order chi connectivity index (χ0) is 14.0. The fourth-order valence-corrected chi connectivity index (χ4v) is 3.10. The van der Waals surface area contributed by atoms with Gasteiger partial charge in [-0.2, -0.15) is 0 Å². The number of carbonyl (C=O) groups is 1. The highest BCUT2D eigenvalue weighted by molar-refractivity contribution is 5.84. The Morgan fingerprint density at radius 3 is 2.32 bits per heavy atom. The Morgan fingerprint density at radius 1 is 1.32 bits per heavy atom. The number of carbonyl (C=O) groups excluding carboxylic acids is 1. The fraction of sp³-hybridized carbons (Fsp3) is 0.933. The summed E-state index contributed by atoms with van der Waals surface area (Å²) in [5, 5.41) is 3.43. The monoisotopic (exact) mass is 267 g/mol. The van der Waals surface area contributed by atoms with Crippen molar-refractivity contribution in [2.24, 2.45) is 17.6 Å². The highest BCUT2D eigenvalue weighted by atomic mass is 16.1. The van der Waals surface area contributed by atoms with Crippen LogP contribution in [0.2, 0.25) is 0 Å². The molecule has 1 atom stereocenters. The van der Waals surface area contributed by atoms with E-state index in [2.05, 4.69) is 24.1 Å². The summed E-state index contributed by atoms with van der Waals surface area (Å²) >= 11 is 0. The number of amides is 1. The van der Waals surface area contributed by atoms with Crippen LogP contribution < -0.4 is 11.1 Å². The van der Waals surface area contributed by atoms with Crippen LogP contribution in [-0.2, 0) is 4.79 Å². The summed E-state index contributed by atoms with van der Waals surface area (Å²) < 4.78 is 0. The van der Waals surface area contributed by atoms with Gasteiger partial charge in [-0.1, -0.05) is 13.8 Å². The van der Waals surface area contributed by atoms with Gasteiger partial charge in [0.2, 0.25) is 5.91 Å². The number of hydrogen-bond donors (Lipinski definition) is 2. The first-order chi connectivity index (χ1) is 8.90. The number of primary amides is 1. The largest absolute Gasteiger partial charge is 0.368 e. The molecule has 110 valence electrons. The number of likely N-dealkylation sites (tertiary alicyclic amines) is 1. The molecule has 0 aromatic rings. The molecule has 1 unspecified atom stereocenters. The Balaban J connectivity index is 1.86. The van der Waals surface area contributed by atoms with E-state index in [-0.39, 0.29) is 5.91 Å². The van der Waals surface area contributed by atoms with Crippen molar-refractivity contribution in [3.8, 4) is 0 Å². The summed E-state index contributed by atoms with van der Waals surface area (Å²) in [5.74, 6) is 1.40. The molecule has 3 N–H and O–H groups in total. The Bertz CT molecular complexity index is 319. The molecule has 0 spiro atoms. The van der Waals surface area contributed by atoms with E-state index in [4.69, 9.17) is 5.73 Å². The van der Waals surface area contributed by atoms with Gasteiger partial charge in [0.15, 0.2) is 0 Å². The summed E-state index contributed by atoms with van der Waals surface area (Å²) in [5.41, 5.74) is 5.05. The first kappa shape index (κ1) is 14.8. The molecule has 2 rings (SSSR count). The lowest BCUT2D eigenvalue weighted by atomic mass is 9.86. The molecule has 0 aromatic heterocycles. The van der Waals surface area contributed by atoms with Crippen LogP contribution >= 0.6 is 0 Å². The van der Waals surface area contributed by atoms with Crippen LogP contribution in [0.15, 0.2) is 0 Å². The van der Waals surface area contributed by atoms with Crippen molar-refractivity contribution < 1.29 is 4.79 Å². The average Bonchev–Trinajstić information content (AvgIpc) is 3.13. The van der Waals surface area contributed by atoms with Gasteiger partial charge in [-0.05, 0) is 57.5 Å². The summed E-state index contributed by atoms with van der Waals surface area (Å²) in [4.78, 5) is 14.2. The van der Waals surface area contributed by atoms with Crippen molar-refractivity contribution in [1.29, 1.82) is 0 Å². The molecular weight excluding hydrogens is 238 g/mol. The lowest BCUT2D eigenvalue weighted by Crippen LogP contribution is -2.61. The maximum atomic E-state index is 11.8. The van der Waals surface area contributed by atoms with Crippen molar-refractivity contribution in [3.05, 3.63) is 0 Å². The second kappa shape index (κ2) is 5.80. The first-order valence-corrected chi connectivity index (χ1v) is 7.70. The van der Waals surface area contributed by atoms with Crippen LogP contribution in [0.4, 0.5) is 0 Å². The first-order valence-electron chi connectivity index (χ1n) is 7.70. The predicted molar refractivity (Wildman–Crippen MR) is 77.8 cm³/mol. The van der Waals surface area contributed by atoms with E-state index < -0.39 is 5.54 Å². The summed E-state index contributed by atoms with van der Waals surface area (Å²) in [6.07, 6.45) is 4.85. The van der Waals surface area contributed by atoms with Gasteiger partial charge < -0.3 is 10.6 Å². The van der Waals surface area contributed by atoms with E-state index >= 15 is 0 Å². The predicted octanol–water partition coefficient (Wildman–Crippen LogP) is 1.35. The highest BCUT2D eigenvalue weighted by Gasteiger charge is 2.39. The minimum Gasteiger partial charge on any atom is -0.368 e. The number of rotatable bonds is 6. The average molecular weight is 267 g/mol. The van der Waals surface area contributed by atoms with Crippen LogP contribution in [-0.4, -0.2) is 42.0 Å². The van der Waals surface area contributed by atoms with Gasteiger partial charge in [-0.25, -0.2) is 0 Å². The van der Waals surface area contributed by atoms with E-state index in [1.807, 2.05) is 6.92 Å². The van der Waals surface area contributed by atoms with Crippen LogP contribution in [0.3, 0.4) is 0 Å². The van der Waals surface area contributed by atoms with Crippen LogP contribution in [0.1, 0.15) is 46.5 Å².